The Morgan fingerprint density at radius 3 is 3.15 bits per heavy atom. The first-order valence-corrected chi connectivity index (χ1v) is 7.54. The average molecular weight is 270 g/mol. The second kappa shape index (κ2) is 6.18. The van der Waals surface area contributed by atoms with Gasteiger partial charge in [-0.15, -0.1) is 5.10 Å². The fourth-order valence-electron chi connectivity index (χ4n) is 3.02. The van der Waals surface area contributed by atoms with Gasteiger partial charge in [0.2, 0.25) is 0 Å². The topological polar surface area (TPSA) is 41.0 Å². The molecule has 1 aliphatic heterocycles. The second-order valence-corrected chi connectivity index (χ2v) is 5.52. The number of aromatic nitrogens is 2. The summed E-state index contributed by atoms with van der Waals surface area (Å²) >= 11 is 0. The van der Waals surface area contributed by atoms with Gasteiger partial charge in [0.15, 0.2) is 5.82 Å². The van der Waals surface area contributed by atoms with E-state index in [2.05, 4.69) is 51.6 Å². The molecule has 1 aromatic heterocycles. The molecule has 0 spiro atoms. The maximum absolute atomic E-state index is 4.40. The zero-order valence-corrected chi connectivity index (χ0v) is 12.0. The molecular weight excluding hydrogens is 248 g/mol. The zero-order valence-electron chi connectivity index (χ0n) is 12.0. The highest BCUT2D eigenvalue weighted by molar-refractivity contribution is 5.91. The number of fused-ring (bicyclic) bond motifs is 1. The van der Waals surface area contributed by atoms with Crippen LogP contribution in [0.1, 0.15) is 19.8 Å². The van der Waals surface area contributed by atoms with Crippen molar-refractivity contribution in [3.63, 3.8) is 0 Å². The Hall–Kier alpha value is -1.68. The number of rotatable bonds is 4. The number of hydrogen-bond acceptors (Lipinski definition) is 4. The van der Waals surface area contributed by atoms with Crippen LogP contribution in [0.4, 0.5) is 5.82 Å². The Labute approximate surface area is 120 Å². The number of anilines is 1. The lowest BCUT2D eigenvalue weighted by atomic mass is 9.97. The van der Waals surface area contributed by atoms with E-state index in [1.54, 1.807) is 0 Å². The number of benzene rings is 1. The van der Waals surface area contributed by atoms with E-state index in [0.717, 1.165) is 32.0 Å². The smallest absolute Gasteiger partial charge is 0.159 e. The molecule has 0 aliphatic carbocycles. The van der Waals surface area contributed by atoms with Crippen LogP contribution < -0.4 is 10.2 Å². The van der Waals surface area contributed by atoms with Crippen LogP contribution in [0.15, 0.2) is 30.5 Å². The minimum absolute atomic E-state index is 0.712. The van der Waals surface area contributed by atoms with Gasteiger partial charge in [0.05, 0.1) is 6.20 Å². The number of nitrogens with one attached hydrogen (secondary N) is 1. The molecule has 1 aliphatic rings. The highest BCUT2D eigenvalue weighted by atomic mass is 15.3. The highest BCUT2D eigenvalue weighted by Gasteiger charge is 2.22. The van der Waals surface area contributed by atoms with Crippen molar-refractivity contribution in [3.05, 3.63) is 30.5 Å². The first-order chi connectivity index (χ1) is 9.88. The lowest BCUT2D eigenvalue weighted by Gasteiger charge is -2.34. The van der Waals surface area contributed by atoms with Crippen LogP contribution in [0.5, 0.6) is 0 Å². The third-order valence-electron chi connectivity index (χ3n) is 4.05. The van der Waals surface area contributed by atoms with E-state index < -0.39 is 0 Å². The zero-order chi connectivity index (χ0) is 13.8. The molecule has 1 unspecified atom stereocenters. The van der Waals surface area contributed by atoms with Crippen molar-refractivity contribution < 1.29 is 0 Å². The van der Waals surface area contributed by atoms with Crippen molar-refractivity contribution in [3.8, 4) is 0 Å². The Kier molecular flexibility index (Phi) is 4.11. The summed E-state index contributed by atoms with van der Waals surface area (Å²) in [7, 11) is 0. The maximum Gasteiger partial charge on any atom is 0.159 e. The van der Waals surface area contributed by atoms with Crippen LogP contribution in [0.2, 0.25) is 0 Å². The summed E-state index contributed by atoms with van der Waals surface area (Å²) in [5.74, 6) is 1.76. The highest BCUT2D eigenvalue weighted by Crippen LogP contribution is 2.27. The van der Waals surface area contributed by atoms with E-state index >= 15 is 0 Å². The average Bonchev–Trinajstić information content (AvgIpc) is 2.52. The van der Waals surface area contributed by atoms with Gasteiger partial charge in [0, 0.05) is 23.9 Å². The summed E-state index contributed by atoms with van der Waals surface area (Å²) < 4.78 is 0. The lowest BCUT2D eigenvalue weighted by Crippen LogP contribution is -2.40. The van der Waals surface area contributed by atoms with Crippen LogP contribution in [-0.2, 0) is 0 Å². The fourth-order valence-corrected chi connectivity index (χ4v) is 3.02. The SMILES string of the molecule is CCNCC1CCCN(c2nncc3ccccc23)C1. The standard InChI is InChI=1S/C16H22N4/c1-2-17-10-13-6-5-9-20(12-13)16-15-8-4-3-7-14(15)11-18-19-16/h3-4,7-8,11,13,17H,2,5-6,9-10,12H2,1H3. The molecule has 20 heavy (non-hydrogen) atoms. The van der Waals surface area contributed by atoms with E-state index in [9.17, 15) is 0 Å². The number of piperidine rings is 1. The van der Waals surface area contributed by atoms with E-state index in [-0.39, 0.29) is 0 Å². The Morgan fingerprint density at radius 2 is 2.25 bits per heavy atom. The monoisotopic (exact) mass is 270 g/mol. The Bertz CT molecular complexity index is 564. The maximum atomic E-state index is 4.40. The molecule has 4 nitrogen and oxygen atoms in total. The largest absolute Gasteiger partial charge is 0.354 e. The molecule has 1 aromatic carbocycles. The summed E-state index contributed by atoms with van der Waals surface area (Å²) in [4.78, 5) is 2.40. The van der Waals surface area contributed by atoms with Gasteiger partial charge < -0.3 is 10.2 Å². The van der Waals surface area contributed by atoms with E-state index in [4.69, 9.17) is 0 Å². The molecule has 0 saturated carbocycles. The molecule has 1 fully saturated rings. The molecule has 1 saturated heterocycles. The van der Waals surface area contributed by atoms with Crippen molar-refractivity contribution >= 4 is 16.6 Å². The predicted octanol–water partition coefficient (Wildman–Crippen LogP) is 2.46. The summed E-state index contributed by atoms with van der Waals surface area (Å²) in [6, 6.07) is 8.38. The fraction of sp³-hybridized carbons (Fsp3) is 0.500. The second-order valence-electron chi connectivity index (χ2n) is 5.52. The molecule has 1 atom stereocenters. The predicted molar refractivity (Wildman–Crippen MR) is 83.0 cm³/mol. The van der Waals surface area contributed by atoms with Gasteiger partial charge in [-0.3, -0.25) is 0 Å². The molecule has 2 aromatic rings. The van der Waals surface area contributed by atoms with Crippen LogP contribution in [0, 0.1) is 5.92 Å². The Morgan fingerprint density at radius 1 is 1.35 bits per heavy atom. The van der Waals surface area contributed by atoms with Crippen molar-refractivity contribution in [2.24, 2.45) is 5.92 Å². The van der Waals surface area contributed by atoms with Crippen LogP contribution in [0.25, 0.3) is 10.8 Å². The quantitative estimate of drug-likeness (QED) is 0.926. The summed E-state index contributed by atoms with van der Waals surface area (Å²) in [6.45, 7) is 6.48. The molecule has 1 N–H and O–H groups in total. The molecule has 106 valence electrons. The minimum atomic E-state index is 0.712. The van der Waals surface area contributed by atoms with Gasteiger partial charge in [0.1, 0.15) is 0 Å². The third-order valence-corrected chi connectivity index (χ3v) is 4.05. The Balaban J connectivity index is 1.83. The van der Waals surface area contributed by atoms with Gasteiger partial charge in [-0.25, -0.2) is 0 Å². The van der Waals surface area contributed by atoms with Crippen molar-refractivity contribution in [1.29, 1.82) is 0 Å². The van der Waals surface area contributed by atoms with Crippen molar-refractivity contribution in [1.82, 2.24) is 15.5 Å². The lowest BCUT2D eigenvalue weighted by molar-refractivity contribution is 0.394. The molecule has 2 heterocycles. The number of hydrogen-bond donors (Lipinski definition) is 1. The van der Waals surface area contributed by atoms with Crippen molar-refractivity contribution in [2.45, 2.75) is 19.8 Å². The van der Waals surface area contributed by atoms with E-state index in [0.29, 0.717) is 5.92 Å². The van der Waals surface area contributed by atoms with Crippen LogP contribution in [0.3, 0.4) is 0 Å². The molecule has 4 heteroatoms. The van der Waals surface area contributed by atoms with Gasteiger partial charge in [-0.1, -0.05) is 31.2 Å². The first-order valence-electron chi connectivity index (χ1n) is 7.54. The minimum Gasteiger partial charge on any atom is -0.354 e. The first kappa shape index (κ1) is 13.3. The number of nitrogens with zero attached hydrogens (tertiary/aromatic N) is 3. The van der Waals surface area contributed by atoms with Gasteiger partial charge >= 0.3 is 0 Å². The molecule has 0 radical (unpaired) electrons. The molecule has 3 rings (SSSR count). The van der Waals surface area contributed by atoms with Gasteiger partial charge in [-0.05, 0) is 31.8 Å². The molecular formula is C16H22N4. The third kappa shape index (κ3) is 2.75. The van der Waals surface area contributed by atoms with Crippen LogP contribution in [-0.4, -0.2) is 36.4 Å². The summed E-state index contributed by atoms with van der Waals surface area (Å²) in [6.07, 6.45) is 4.39. The van der Waals surface area contributed by atoms with E-state index in [1.807, 2.05) is 6.20 Å². The van der Waals surface area contributed by atoms with Crippen LogP contribution >= 0.6 is 0 Å². The van der Waals surface area contributed by atoms with Gasteiger partial charge in [-0.2, -0.15) is 5.10 Å². The normalized spacial score (nSPS) is 19.4. The summed E-state index contributed by atoms with van der Waals surface area (Å²) in [5, 5.41) is 14.4. The molecule has 0 amide bonds. The van der Waals surface area contributed by atoms with Crippen molar-refractivity contribution in [2.75, 3.05) is 31.1 Å². The summed E-state index contributed by atoms with van der Waals surface area (Å²) in [5.41, 5.74) is 0. The van der Waals surface area contributed by atoms with E-state index in [1.165, 1.54) is 23.6 Å². The molecule has 0 bridgehead atoms. The van der Waals surface area contributed by atoms with Gasteiger partial charge in [0.25, 0.3) is 0 Å².